The van der Waals surface area contributed by atoms with E-state index >= 15 is 0 Å². The predicted octanol–water partition coefficient (Wildman–Crippen LogP) is 9.00. The maximum Gasteiger partial charge on any atom is 0.407 e. The number of rotatable bonds is 16. The van der Waals surface area contributed by atoms with Gasteiger partial charge in [-0.1, -0.05) is 72.8 Å². The molecule has 0 fully saturated rings. The van der Waals surface area contributed by atoms with E-state index < -0.39 is 6.09 Å². The zero-order valence-electron chi connectivity index (χ0n) is 30.5. The van der Waals surface area contributed by atoms with Crippen molar-refractivity contribution >= 4 is 27.6 Å². The second kappa shape index (κ2) is 20.3. The maximum absolute atomic E-state index is 12.4. The molecule has 53 heavy (non-hydrogen) atoms. The molecule has 0 aliphatic carbocycles. The van der Waals surface area contributed by atoms with Crippen LogP contribution in [0.1, 0.15) is 35.1 Å². The third-order valence-electron chi connectivity index (χ3n) is 8.52. The van der Waals surface area contributed by atoms with Gasteiger partial charge < -0.3 is 38.8 Å². The quantitative estimate of drug-likeness (QED) is 0.0756. The van der Waals surface area contributed by atoms with Crippen molar-refractivity contribution in [2.24, 2.45) is 0 Å². The van der Waals surface area contributed by atoms with Crippen LogP contribution in [-0.4, -0.2) is 45.7 Å². The minimum atomic E-state index is -0.415. The number of fused-ring (bicyclic) bond motifs is 2. The van der Waals surface area contributed by atoms with E-state index in [1.807, 2.05) is 84.9 Å². The number of hydrogen-bond acceptors (Lipinski definition) is 8. The molecule has 0 spiro atoms. The first-order chi connectivity index (χ1) is 26.0. The smallest absolute Gasteiger partial charge is 0.407 e. The average Bonchev–Trinajstić information content (AvgIpc) is 3.21. The molecule has 6 aromatic carbocycles. The molecule has 0 bridgehead atoms. The normalized spacial score (nSPS) is 10.6. The van der Waals surface area contributed by atoms with Gasteiger partial charge in [0, 0.05) is 24.8 Å². The van der Waals surface area contributed by atoms with Gasteiger partial charge in [-0.25, -0.2) is 4.79 Å². The Labute approximate surface area is 311 Å². The summed E-state index contributed by atoms with van der Waals surface area (Å²) in [6, 6.07) is 39.4. The van der Waals surface area contributed by atoms with Gasteiger partial charge in [0.05, 0.1) is 34.5 Å². The van der Waals surface area contributed by atoms with Gasteiger partial charge in [0.2, 0.25) is 0 Å². The summed E-state index contributed by atoms with van der Waals surface area (Å²) in [5.74, 6) is 3.00. The summed E-state index contributed by atoms with van der Waals surface area (Å²) in [6.07, 6.45) is 1.20. The van der Waals surface area contributed by atoms with Crippen molar-refractivity contribution in [3.63, 3.8) is 0 Å². The molecule has 2 N–H and O–H groups in total. The van der Waals surface area contributed by atoms with E-state index in [4.69, 9.17) is 33.5 Å². The molecule has 0 radical (unpaired) electrons. The molecule has 9 heteroatoms. The Kier molecular flexibility index (Phi) is 14.7. The van der Waals surface area contributed by atoms with E-state index in [1.165, 1.54) is 0 Å². The van der Waals surface area contributed by atoms with Crippen molar-refractivity contribution < 1.29 is 38.3 Å². The van der Waals surface area contributed by atoms with Gasteiger partial charge in [0.1, 0.15) is 36.2 Å². The highest BCUT2D eigenvalue weighted by atomic mass is 16.5. The van der Waals surface area contributed by atoms with Gasteiger partial charge >= 0.3 is 6.09 Å². The van der Waals surface area contributed by atoms with Gasteiger partial charge in [-0.05, 0) is 93.5 Å². The van der Waals surface area contributed by atoms with E-state index in [0.29, 0.717) is 26.4 Å². The van der Waals surface area contributed by atoms with Crippen LogP contribution in [-0.2, 0) is 35.9 Å². The molecular weight excluding hydrogens is 670 g/mol. The molecule has 0 aromatic heterocycles. The van der Waals surface area contributed by atoms with Crippen LogP contribution in [0.5, 0.6) is 23.0 Å². The number of benzene rings is 6. The van der Waals surface area contributed by atoms with Crippen LogP contribution in [0.3, 0.4) is 0 Å². The summed E-state index contributed by atoms with van der Waals surface area (Å²) in [5, 5.41) is 16.0. The van der Waals surface area contributed by atoms with Gasteiger partial charge in [-0.3, -0.25) is 0 Å². The third kappa shape index (κ3) is 11.6. The minimum absolute atomic E-state index is 0.0667. The Morgan fingerprint density at radius 1 is 0.585 bits per heavy atom. The van der Waals surface area contributed by atoms with Crippen LogP contribution in [0.2, 0.25) is 0 Å². The van der Waals surface area contributed by atoms with Crippen LogP contribution in [0.4, 0.5) is 4.79 Å². The summed E-state index contributed by atoms with van der Waals surface area (Å²) in [6.45, 7) is 2.28. The molecule has 0 unspecified atom stereocenters. The van der Waals surface area contributed by atoms with E-state index in [2.05, 4.69) is 35.6 Å². The number of aliphatic hydroxyl groups is 1. The lowest BCUT2D eigenvalue weighted by Gasteiger charge is -2.13. The summed E-state index contributed by atoms with van der Waals surface area (Å²) in [4.78, 5) is 12.4. The molecule has 0 atom stereocenters. The zero-order chi connectivity index (χ0) is 37.3. The number of hydrogen-bond donors (Lipinski definition) is 2. The first kappa shape index (κ1) is 38.5. The van der Waals surface area contributed by atoms with E-state index in [9.17, 15) is 4.79 Å². The first-order valence-corrected chi connectivity index (χ1v) is 17.5. The fourth-order valence-electron chi connectivity index (χ4n) is 5.77. The second-order valence-corrected chi connectivity index (χ2v) is 12.2. The van der Waals surface area contributed by atoms with E-state index in [1.54, 1.807) is 27.4 Å². The highest BCUT2D eigenvalue weighted by Gasteiger charge is 2.10. The number of amides is 1. The van der Waals surface area contributed by atoms with E-state index in [-0.39, 0.29) is 13.2 Å². The number of nitrogens with one attached hydrogen (secondary N) is 1. The minimum Gasteiger partial charge on any atom is -0.497 e. The third-order valence-corrected chi connectivity index (χ3v) is 8.52. The molecular formula is C44H47NO8. The lowest BCUT2D eigenvalue weighted by Crippen LogP contribution is -2.25. The van der Waals surface area contributed by atoms with Crippen LogP contribution in [0.25, 0.3) is 21.5 Å². The summed E-state index contributed by atoms with van der Waals surface area (Å²) < 4.78 is 33.1. The number of methoxy groups -OCH3 is 3. The summed E-state index contributed by atoms with van der Waals surface area (Å²) in [5.41, 5.74) is 3.88. The Bertz CT molecular complexity index is 1970. The topological polar surface area (TPSA) is 105 Å². The summed E-state index contributed by atoms with van der Waals surface area (Å²) in [7, 11) is 4.86. The highest BCUT2D eigenvalue weighted by Crippen LogP contribution is 2.29. The van der Waals surface area contributed by atoms with E-state index in [0.717, 1.165) is 79.6 Å². The summed E-state index contributed by atoms with van der Waals surface area (Å²) >= 11 is 0. The number of ether oxygens (including phenoxy) is 6. The Balaban J connectivity index is 0.000000469. The molecule has 0 heterocycles. The highest BCUT2D eigenvalue weighted by molar-refractivity contribution is 6.02. The molecule has 1 amide bonds. The maximum atomic E-state index is 12.4. The average molecular weight is 718 g/mol. The molecule has 0 aliphatic rings. The fourth-order valence-corrected chi connectivity index (χ4v) is 5.77. The zero-order valence-corrected chi connectivity index (χ0v) is 30.5. The lowest BCUT2D eigenvalue weighted by molar-refractivity contribution is 0.115. The first-order valence-electron chi connectivity index (χ1n) is 17.5. The molecule has 0 saturated carbocycles. The molecule has 0 aliphatic heterocycles. The van der Waals surface area contributed by atoms with Gasteiger partial charge in [0.25, 0.3) is 0 Å². The van der Waals surface area contributed by atoms with Crippen molar-refractivity contribution in [2.75, 3.05) is 34.5 Å². The van der Waals surface area contributed by atoms with Crippen LogP contribution < -0.4 is 24.3 Å². The standard InChI is InChI=1S/C36H37NO6.C8H10O2/c1-39-31-19-27(20-32(22-31)40-2)24-42-30-13-9-10-26(18-30)23-41-17-8-7-16-37-36(38)43-25-35-33-14-5-3-11-28(33)21-29-12-4-6-15-34(29)35;1-10-8-4-2-3-7(5-8)6-9/h3-6,9-15,18-22H,7-8,16-17,23-25H2,1-2H3,(H,37,38);2-5,9H,6H2,1H3. The van der Waals surface area contributed by atoms with Crippen LogP contribution in [0.15, 0.2) is 121 Å². The van der Waals surface area contributed by atoms with Crippen molar-refractivity contribution in [3.05, 3.63) is 144 Å². The van der Waals surface area contributed by atoms with Crippen molar-refractivity contribution in [1.29, 1.82) is 0 Å². The molecule has 9 nitrogen and oxygen atoms in total. The predicted molar refractivity (Wildman–Crippen MR) is 208 cm³/mol. The van der Waals surface area contributed by atoms with Gasteiger partial charge in [-0.15, -0.1) is 0 Å². The number of carbonyl (C=O) groups excluding carboxylic acids is 1. The van der Waals surface area contributed by atoms with Crippen molar-refractivity contribution in [3.8, 4) is 23.0 Å². The Morgan fingerprint density at radius 3 is 1.85 bits per heavy atom. The van der Waals surface area contributed by atoms with Crippen molar-refractivity contribution in [1.82, 2.24) is 5.32 Å². The number of carbonyl (C=O) groups is 1. The van der Waals surface area contributed by atoms with Crippen LogP contribution in [0, 0.1) is 0 Å². The molecule has 6 aromatic rings. The number of aliphatic hydroxyl groups excluding tert-OH is 1. The fraction of sp³-hybridized carbons (Fsp3) is 0.250. The number of alkyl carbamates (subject to hydrolysis) is 1. The van der Waals surface area contributed by atoms with Gasteiger partial charge in [0.15, 0.2) is 0 Å². The molecule has 0 saturated heterocycles. The monoisotopic (exact) mass is 717 g/mol. The number of unbranched alkanes of at least 4 members (excludes halogenated alkanes) is 1. The van der Waals surface area contributed by atoms with Gasteiger partial charge in [-0.2, -0.15) is 0 Å². The van der Waals surface area contributed by atoms with Crippen LogP contribution >= 0.6 is 0 Å². The molecule has 276 valence electrons. The van der Waals surface area contributed by atoms with Crippen molar-refractivity contribution in [2.45, 2.75) is 39.3 Å². The SMILES string of the molecule is COc1cc(COc2cccc(COCCCCNC(=O)OCc3c4ccccc4cc4ccccc34)c2)cc(OC)c1.COc1cccc(CO)c1. The Morgan fingerprint density at radius 2 is 1.19 bits per heavy atom. The molecule has 6 rings (SSSR count). The Hall–Kier alpha value is -5.77. The second-order valence-electron chi connectivity index (χ2n) is 12.2. The largest absolute Gasteiger partial charge is 0.497 e. The lowest BCUT2D eigenvalue weighted by atomic mass is 9.97.